The molecule has 1 fully saturated rings. The van der Waals surface area contributed by atoms with Crippen LogP contribution in [0.5, 0.6) is 11.5 Å². The van der Waals surface area contributed by atoms with Crippen LogP contribution in [-0.2, 0) is 14.8 Å². The van der Waals surface area contributed by atoms with Crippen molar-refractivity contribution in [3.63, 3.8) is 0 Å². The van der Waals surface area contributed by atoms with E-state index in [4.69, 9.17) is 14.2 Å². The summed E-state index contributed by atoms with van der Waals surface area (Å²) in [6.45, 7) is 0.901. The van der Waals surface area contributed by atoms with Crippen molar-refractivity contribution in [1.82, 2.24) is 4.72 Å². The van der Waals surface area contributed by atoms with Gasteiger partial charge in [0.15, 0.2) is 0 Å². The van der Waals surface area contributed by atoms with Crippen LogP contribution < -0.4 is 14.2 Å². The summed E-state index contributed by atoms with van der Waals surface area (Å²) in [5.41, 5.74) is 0. The highest BCUT2D eigenvalue weighted by Crippen LogP contribution is 2.28. The SMILES string of the molecule is COc1ccc(OC)c(S(=O)(=O)NCCCOC2CCCCC2)c1. The van der Waals surface area contributed by atoms with Gasteiger partial charge in [-0.25, -0.2) is 13.1 Å². The molecule has 0 spiro atoms. The first-order chi connectivity index (χ1) is 11.6. The lowest BCUT2D eigenvalue weighted by atomic mass is 9.98. The van der Waals surface area contributed by atoms with Gasteiger partial charge in [-0.2, -0.15) is 0 Å². The molecule has 2 rings (SSSR count). The second kappa shape index (κ2) is 9.25. The summed E-state index contributed by atoms with van der Waals surface area (Å²) >= 11 is 0. The van der Waals surface area contributed by atoms with E-state index in [-0.39, 0.29) is 4.90 Å². The van der Waals surface area contributed by atoms with Crippen LogP contribution in [0.4, 0.5) is 0 Å². The molecule has 0 saturated heterocycles. The summed E-state index contributed by atoms with van der Waals surface area (Å²) in [6.07, 6.45) is 6.97. The fourth-order valence-corrected chi connectivity index (χ4v) is 4.09. The van der Waals surface area contributed by atoms with E-state index in [9.17, 15) is 8.42 Å². The first-order valence-electron chi connectivity index (χ1n) is 8.40. The van der Waals surface area contributed by atoms with E-state index in [1.54, 1.807) is 12.1 Å². The van der Waals surface area contributed by atoms with Crippen LogP contribution in [0.15, 0.2) is 23.1 Å². The zero-order valence-corrected chi connectivity index (χ0v) is 15.2. The van der Waals surface area contributed by atoms with Crippen molar-refractivity contribution in [2.24, 2.45) is 0 Å². The maximum atomic E-state index is 12.5. The number of nitrogens with one attached hydrogen (secondary N) is 1. The minimum Gasteiger partial charge on any atom is -0.497 e. The average molecular weight is 357 g/mol. The van der Waals surface area contributed by atoms with Gasteiger partial charge in [0, 0.05) is 19.2 Å². The van der Waals surface area contributed by atoms with Crippen LogP contribution in [0.2, 0.25) is 0 Å². The lowest BCUT2D eigenvalue weighted by molar-refractivity contribution is 0.0278. The van der Waals surface area contributed by atoms with E-state index in [2.05, 4.69) is 4.72 Å². The van der Waals surface area contributed by atoms with Gasteiger partial charge in [-0.05, 0) is 31.4 Å². The van der Waals surface area contributed by atoms with Crippen molar-refractivity contribution in [3.8, 4) is 11.5 Å². The third-order valence-corrected chi connectivity index (χ3v) is 5.66. The molecule has 0 atom stereocenters. The largest absolute Gasteiger partial charge is 0.497 e. The number of sulfonamides is 1. The van der Waals surface area contributed by atoms with Gasteiger partial charge in [0.05, 0.1) is 20.3 Å². The molecule has 136 valence electrons. The van der Waals surface area contributed by atoms with Gasteiger partial charge in [-0.3, -0.25) is 0 Å². The Morgan fingerprint density at radius 1 is 1.12 bits per heavy atom. The van der Waals surface area contributed by atoms with Gasteiger partial charge >= 0.3 is 0 Å². The Labute approximate surface area is 144 Å². The van der Waals surface area contributed by atoms with Gasteiger partial charge in [-0.1, -0.05) is 19.3 Å². The highest BCUT2D eigenvalue weighted by Gasteiger charge is 2.20. The zero-order chi connectivity index (χ0) is 17.4. The maximum absolute atomic E-state index is 12.5. The molecular formula is C17H27NO5S. The van der Waals surface area contributed by atoms with Crippen LogP contribution in [0.1, 0.15) is 38.5 Å². The first-order valence-corrected chi connectivity index (χ1v) is 9.88. The van der Waals surface area contributed by atoms with Crippen LogP contribution in [0, 0.1) is 0 Å². The average Bonchev–Trinajstić information content (AvgIpc) is 2.61. The molecule has 0 heterocycles. The predicted molar refractivity (Wildman–Crippen MR) is 92.2 cm³/mol. The molecule has 1 aromatic rings. The minimum absolute atomic E-state index is 0.0811. The molecule has 1 aromatic carbocycles. The quantitative estimate of drug-likeness (QED) is 0.688. The van der Waals surface area contributed by atoms with E-state index in [0.29, 0.717) is 37.2 Å². The second-order valence-corrected chi connectivity index (χ2v) is 7.63. The predicted octanol–water partition coefficient (Wildman–Crippen LogP) is 2.72. The van der Waals surface area contributed by atoms with Crippen LogP contribution in [0.3, 0.4) is 0 Å². The Hall–Kier alpha value is -1.31. The lowest BCUT2D eigenvalue weighted by Crippen LogP contribution is -2.27. The summed E-state index contributed by atoms with van der Waals surface area (Å²) in [5.74, 6) is 0.763. The third-order valence-electron chi connectivity index (χ3n) is 4.18. The van der Waals surface area contributed by atoms with Gasteiger partial charge in [0.1, 0.15) is 16.4 Å². The molecular weight excluding hydrogens is 330 g/mol. The van der Waals surface area contributed by atoms with Crippen molar-refractivity contribution < 1.29 is 22.6 Å². The Morgan fingerprint density at radius 3 is 2.54 bits per heavy atom. The molecule has 0 aromatic heterocycles. The molecule has 0 radical (unpaired) electrons. The lowest BCUT2D eigenvalue weighted by Gasteiger charge is -2.21. The number of hydrogen-bond acceptors (Lipinski definition) is 5. The highest BCUT2D eigenvalue weighted by atomic mass is 32.2. The van der Waals surface area contributed by atoms with Gasteiger partial charge < -0.3 is 14.2 Å². The number of rotatable bonds is 9. The Bertz CT molecular complexity index is 611. The fraction of sp³-hybridized carbons (Fsp3) is 0.647. The van der Waals surface area contributed by atoms with Gasteiger partial charge in [-0.15, -0.1) is 0 Å². The molecule has 7 heteroatoms. The second-order valence-electron chi connectivity index (χ2n) is 5.90. The molecule has 0 amide bonds. The Morgan fingerprint density at radius 2 is 1.88 bits per heavy atom. The molecule has 24 heavy (non-hydrogen) atoms. The Kier molecular flexibility index (Phi) is 7.33. The molecule has 0 unspecified atom stereocenters. The van der Waals surface area contributed by atoms with Crippen molar-refractivity contribution in [2.75, 3.05) is 27.4 Å². The van der Waals surface area contributed by atoms with Crippen molar-refractivity contribution in [2.45, 2.75) is 49.5 Å². The first kappa shape index (κ1) is 19.0. The minimum atomic E-state index is -3.65. The number of ether oxygens (including phenoxy) is 3. The van der Waals surface area contributed by atoms with Crippen LogP contribution in [-0.4, -0.2) is 41.9 Å². The van der Waals surface area contributed by atoms with E-state index < -0.39 is 10.0 Å². The number of hydrogen-bond donors (Lipinski definition) is 1. The van der Waals surface area contributed by atoms with E-state index in [1.807, 2.05) is 0 Å². The topological polar surface area (TPSA) is 73.9 Å². The number of methoxy groups -OCH3 is 2. The van der Waals surface area contributed by atoms with Crippen molar-refractivity contribution >= 4 is 10.0 Å². The number of benzene rings is 1. The van der Waals surface area contributed by atoms with Gasteiger partial charge in [0.25, 0.3) is 0 Å². The van der Waals surface area contributed by atoms with Crippen molar-refractivity contribution in [3.05, 3.63) is 18.2 Å². The molecule has 0 bridgehead atoms. The van der Waals surface area contributed by atoms with E-state index >= 15 is 0 Å². The highest BCUT2D eigenvalue weighted by molar-refractivity contribution is 7.89. The molecule has 6 nitrogen and oxygen atoms in total. The molecule has 1 saturated carbocycles. The van der Waals surface area contributed by atoms with Crippen molar-refractivity contribution in [1.29, 1.82) is 0 Å². The normalized spacial score (nSPS) is 16.1. The summed E-state index contributed by atoms with van der Waals surface area (Å²) in [7, 11) is -0.714. The third kappa shape index (κ3) is 5.36. The van der Waals surface area contributed by atoms with Crippen LogP contribution >= 0.6 is 0 Å². The van der Waals surface area contributed by atoms with E-state index in [1.165, 1.54) is 39.5 Å². The van der Waals surface area contributed by atoms with Gasteiger partial charge in [0.2, 0.25) is 10.0 Å². The maximum Gasteiger partial charge on any atom is 0.244 e. The summed E-state index contributed by atoms with van der Waals surface area (Å²) in [4.78, 5) is 0.0811. The zero-order valence-electron chi connectivity index (χ0n) is 14.4. The Balaban J connectivity index is 1.84. The summed E-state index contributed by atoms with van der Waals surface area (Å²) < 4.78 is 43.5. The molecule has 0 aliphatic heterocycles. The molecule has 1 N–H and O–H groups in total. The standard InChI is InChI=1S/C17H27NO5S/c1-21-15-9-10-16(22-2)17(13-15)24(19,20)18-11-6-12-23-14-7-4-3-5-8-14/h9-10,13-14,18H,3-8,11-12H2,1-2H3. The smallest absolute Gasteiger partial charge is 0.244 e. The van der Waals surface area contributed by atoms with Crippen LogP contribution in [0.25, 0.3) is 0 Å². The van der Waals surface area contributed by atoms with E-state index in [0.717, 1.165) is 12.8 Å². The molecule has 1 aliphatic rings. The molecule has 1 aliphatic carbocycles. The fourth-order valence-electron chi connectivity index (χ4n) is 2.83. The monoisotopic (exact) mass is 357 g/mol. The summed E-state index contributed by atoms with van der Waals surface area (Å²) in [6, 6.07) is 4.70. The summed E-state index contributed by atoms with van der Waals surface area (Å²) in [5, 5.41) is 0.